The van der Waals surface area contributed by atoms with Crippen molar-refractivity contribution in [3.63, 3.8) is 0 Å². The van der Waals surface area contributed by atoms with Crippen molar-refractivity contribution >= 4 is 18.3 Å². The quantitative estimate of drug-likeness (QED) is 0.757. The number of rotatable bonds is 5. The van der Waals surface area contributed by atoms with E-state index in [1.807, 2.05) is 12.1 Å². The monoisotopic (exact) mass is 354 g/mol. The lowest BCUT2D eigenvalue weighted by molar-refractivity contribution is 0.0927. The van der Waals surface area contributed by atoms with Crippen LogP contribution in [0.15, 0.2) is 24.3 Å². The summed E-state index contributed by atoms with van der Waals surface area (Å²) in [6.45, 7) is 1.84. The van der Waals surface area contributed by atoms with Gasteiger partial charge in [-0.1, -0.05) is 6.42 Å². The lowest BCUT2D eigenvalue weighted by Crippen LogP contribution is -2.34. The van der Waals surface area contributed by atoms with Crippen molar-refractivity contribution in [1.82, 2.24) is 10.6 Å². The second-order valence-corrected chi connectivity index (χ2v) is 6.60. The van der Waals surface area contributed by atoms with Gasteiger partial charge in [0.05, 0.1) is 12.2 Å². The number of nitrogens with one attached hydrogen (secondary N) is 2. The van der Waals surface area contributed by atoms with E-state index in [4.69, 9.17) is 4.74 Å². The van der Waals surface area contributed by atoms with Gasteiger partial charge in [0.15, 0.2) is 0 Å². The predicted octanol–water partition coefficient (Wildman–Crippen LogP) is 2.13. The Morgan fingerprint density at radius 2 is 1.88 bits per heavy atom. The van der Waals surface area contributed by atoms with E-state index in [0.29, 0.717) is 24.8 Å². The number of amides is 1. The summed E-state index contributed by atoms with van der Waals surface area (Å²) >= 11 is 0. The minimum absolute atomic E-state index is 0. The van der Waals surface area contributed by atoms with E-state index in [-0.39, 0.29) is 30.3 Å². The molecule has 1 saturated heterocycles. The molecule has 6 heteroatoms. The number of carbonyl (C=O) groups excluding carboxylic acids is 1. The van der Waals surface area contributed by atoms with E-state index in [1.54, 1.807) is 12.1 Å². The molecule has 1 heterocycles. The van der Waals surface area contributed by atoms with Crippen molar-refractivity contribution in [1.29, 1.82) is 0 Å². The summed E-state index contributed by atoms with van der Waals surface area (Å²) in [6, 6.07) is 7.35. The lowest BCUT2D eigenvalue weighted by atomic mass is 9.98. The van der Waals surface area contributed by atoms with Crippen LogP contribution in [-0.4, -0.2) is 42.9 Å². The summed E-state index contributed by atoms with van der Waals surface area (Å²) in [5.74, 6) is 0.824. The normalized spacial score (nSPS) is 24.2. The number of halogens is 1. The number of aliphatic hydroxyl groups is 1. The SMILES string of the molecule is Cl.O=C(NCC1CNCC1O)c1ccc(OC2CCCCC2)cc1. The van der Waals surface area contributed by atoms with E-state index in [9.17, 15) is 9.90 Å². The molecule has 2 fully saturated rings. The Balaban J connectivity index is 0.00000208. The van der Waals surface area contributed by atoms with Crippen LogP contribution in [0.5, 0.6) is 5.75 Å². The largest absolute Gasteiger partial charge is 0.490 e. The van der Waals surface area contributed by atoms with Gasteiger partial charge in [-0.15, -0.1) is 12.4 Å². The highest BCUT2D eigenvalue weighted by atomic mass is 35.5. The molecule has 24 heavy (non-hydrogen) atoms. The van der Waals surface area contributed by atoms with Crippen LogP contribution in [0.4, 0.5) is 0 Å². The van der Waals surface area contributed by atoms with Gasteiger partial charge in [-0.2, -0.15) is 0 Å². The number of hydrogen-bond acceptors (Lipinski definition) is 4. The van der Waals surface area contributed by atoms with Crippen molar-refractivity contribution in [2.45, 2.75) is 44.3 Å². The van der Waals surface area contributed by atoms with Gasteiger partial charge in [0.25, 0.3) is 5.91 Å². The van der Waals surface area contributed by atoms with Crippen LogP contribution < -0.4 is 15.4 Å². The molecule has 0 spiro atoms. The molecule has 1 aromatic carbocycles. The van der Waals surface area contributed by atoms with Gasteiger partial charge >= 0.3 is 0 Å². The summed E-state index contributed by atoms with van der Waals surface area (Å²) in [7, 11) is 0. The van der Waals surface area contributed by atoms with E-state index in [1.165, 1.54) is 19.3 Å². The standard InChI is InChI=1S/C18H26N2O3.ClH/c21-17-12-19-10-14(17)11-20-18(22)13-6-8-16(9-7-13)23-15-4-2-1-3-5-15;/h6-9,14-15,17,19,21H,1-5,10-12H2,(H,20,22);1H. The maximum atomic E-state index is 12.2. The minimum Gasteiger partial charge on any atom is -0.490 e. The topological polar surface area (TPSA) is 70.6 Å². The van der Waals surface area contributed by atoms with Crippen molar-refractivity contribution < 1.29 is 14.6 Å². The third kappa shape index (κ3) is 5.10. The van der Waals surface area contributed by atoms with Crippen LogP contribution in [0, 0.1) is 5.92 Å². The first-order chi connectivity index (χ1) is 11.2. The highest BCUT2D eigenvalue weighted by Gasteiger charge is 2.25. The highest BCUT2D eigenvalue weighted by molar-refractivity contribution is 5.94. The molecule has 0 aromatic heterocycles. The fourth-order valence-electron chi connectivity index (χ4n) is 3.31. The molecule has 3 N–H and O–H groups in total. The number of carbonyl (C=O) groups is 1. The molecular weight excluding hydrogens is 328 g/mol. The van der Waals surface area contributed by atoms with Crippen molar-refractivity contribution in [3.05, 3.63) is 29.8 Å². The summed E-state index contributed by atoms with van der Waals surface area (Å²) in [6.07, 6.45) is 5.99. The molecule has 1 aliphatic heterocycles. The van der Waals surface area contributed by atoms with Gasteiger partial charge in [-0.3, -0.25) is 4.79 Å². The third-order valence-corrected chi connectivity index (χ3v) is 4.80. The summed E-state index contributed by atoms with van der Waals surface area (Å²) in [5.41, 5.74) is 0.626. The van der Waals surface area contributed by atoms with Gasteiger partial charge in [-0.25, -0.2) is 0 Å². The average molecular weight is 355 g/mol. The van der Waals surface area contributed by atoms with Gasteiger partial charge in [0, 0.05) is 31.1 Å². The Hall–Kier alpha value is -1.30. The Kier molecular flexibility index (Phi) is 7.34. The summed E-state index contributed by atoms with van der Waals surface area (Å²) in [5, 5.41) is 15.7. The molecule has 2 atom stereocenters. The van der Waals surface area contributed by atoms with Gasteiger partial charge in [0.2, 0.25) is 0 Å². The molecule has 0 radical (unpaired) electrons. The number of benzene rings is 1. The van der Waals surface area contributed by atoms with Crippen LogP contribution in [0.1, 0.15) is 42.5 Å². The molecule has 2 aliphatic rings. The number of ether oxygens (including phenoxy) is 1. The number of hydrogen-bond donors (Lipinski definition) is 3. The van der Waals surface area contributed by atoms with E-state index >= 15 is 0 Å². The van der Waals surface area contributed by atoms with Crippen molar-refractivity contribution in [3.8, 4) is 5.75 Å². The first-order valence-corrected chi connectivity index (χ1v) is 8.66. The third-order valence-electron chi connectivity index (χ3n) is 4.80. The van der Waals surface area contributed by atoms with Crippen LogP contribution >= 0.6 is 12.4 Å². The Bertz CT molecular complexity index is 518. The van der Waals surface area contributed by atoms with E-state index in [2.05, 4.69) is 10.6 Å². The maximum Gasteiger partial charge on any atom is 0.251 e. The molecule has 5 nitrogen and oxygen atoms in total. The molecule has 1 amide bonds. The lowest BCUT2D eigenvalue weighted by Gasteiger charge is -2.23. The maximum absolute atomic E-state index is 12.2. The van der Waals surface area contributed by atoms with Crippen LogP contribution in [0.25, 0.3) is 0 Å². The fourth-order valence-corrected chi connectivity index (χ4v) is 3.31. The van der Waals surface area contributed by atoms with Crippen molar-refractivity contribution in [2.75, 3.05) is 19.6 Å². The molecule has 0 bridgehead atoms. The molecule has 2 unspecified atom stereocenters. The second-order valence-electron chi connectivity index (χ2n) is 6.60. The van der Waals surface area contributed by atoms with Crippen molar-refractivity contribution in [2.24, 2.45) is 5.92 Å². The average Bonchev–Trinajstić information content (AvgIpc) is 2.99. The molecule has 3 rings (SSSR count). The Morgan fingerprint density at radius 3 is 2.50 bits per heavy atom. The molecule has 1 aliphatic carbocycles. The van der Waals surface area contributed by atoms with Gasteiger partial charge < -0.3 is 20.5 Å². The van der Waals surface area contributed by atoms with E-state index < -0.39 is 0 Å². The van der Waals surface area contributed by atoms with E-state index in [0.717, 1.165) is 25.1 Å². The highest BCUT2D eigenvalue weighted by Crippen LogP contribution is 2.23. The van der Waals surface area contributed by atoms with Crippen LogP contribution in [0.3, 0.4) is 0 Å². The molecular formula is C18H27ClN2O3. The van der Waals surface area contributed by atoms with Gasteiger partial charge in [0.1, 0.15) is 5.75 Å². The number of β-amino-alcohol motifs (C(OH)–C–C–N with tert-alkyl or cyclic N) is 1. The Labute approximate surface area is 149 Å². The van der Waals surface area contributed by atoms with Crippen LogP contribution in [0.2, 0.25) is 0 Å². The molecule has 1 saturated carbocycles. The zero-order valence-electron chi connectivity index (χ0n) is 13.9. The molecule has 134 valence electrons. The number of aliphatic hydroxyl groups excluding tert-OH is 1. The first-order valence-electron chi connectivity index (χ1n) is 8.66. The predicted molar refractivity (Wildman–Crippen MR) is 95.9 cm³/mol. The summed E-state index contributed by atoms with van der Waals surface area (Å²) in [4.78, 5) is 12.2. The summed E-state index contributed by atoms with van der Waals surface area (Å²) < 4.78 is 5.97. The van der Waals surface area contributed by atoms with Crippen LogP contribution in [-0.2, 0) is 0 Å². The first kappa shape index (κ1) is 19.0. The molecule has 1 aromatic rings. The Morgan fingerprint density at radius 1 is 1.17 bits per heavy atom. The minimum atomic E-state index is -0.374. The fraction of sp³-hybridized carbons (Fsp3) is 0.611. The van der Waals surface area contributed by atoms with Gasteiger partial charge in [-0.05, 0) is 49.9 Å². The second kappa shape index (κ2) is 9.25. The smallest absolute Gasteiger partial charge is 0.251 e. The zero-order chi connectivity index (χ0) is 16.1. The zero-order valence-corrected chi connectivity index (χ0v) is 14.7.